The predicted molar refractivity (Wildman–Crippen MR) is 112 cm³/mol. The number of morpholine rings is 1. The number of carbonyl (C=O) groups excluding carboxylic acids is 2. The predicted octanol–water partition coefficient (Wildman–Crippen LogP) is 2.61. The van der Waals surface area contributed by atoms with Gasteiger partial charge in [-0.15, -0.1) is 0 Å². The summed E-state index contributed by atoms with van der Waals surface area (Å²) in [6, 6.07) is 12.4. The monoisotopic (exact) mass is 405 g/mol. The summed E-state index contributed by atoms with van der Waals surface area (Å²) in [5, 5.41) is 7.23. The van der Waals surface area contributed by atoms with Crippen LogP contribution < -0.4 is 5.32 Å². The van der Waals surface area contributed by atoms with E-state index in [0.717, 1.165) is 11.4 Å². The second kappa shape index (κ2) is 8.46. The number of nitrogens with one attached hydrogen (secondary N) is 1. The van der Waals surface area contributed by atoms with Crippen molar-refractivity contribution in [3.05, 3.63) is 71.2 Å². The Balaban J connectivity index is 1.46. The maximum Gasteiger partial charge on any atom is 0.257 e. The molecule has 0 spiro atoms. The molecular formula is C22H23N5O3. The van der Waals surface area contributed by atoms with Gasteiger partial charge in [0.15, 0.2) is 5.82 Å². The summed E-state index contributed by atoms with van der Waals surface area (Å²) in [5.74, 6) is 0.291. The standard InChI is InChI=1S/C22H23N5O3/c1-15-12-16(2)27(25-15)20-7-6-18(14-23-20)21(28)24-19-5-3-4-17(13-19)22(29)26-8-10-30-11-9-26/h3-7,12-14H,8-11H2,1-2H3,(H,24,28). The first-order valence-corrected chi connectivity index (χ1v) is 9.79. The molecule has 2 aromatic heterocycles. The van der Waals surface area contributed by atoms with E-state index in [0.29, 0.717) is 48.9 Å². The lowest BCUT2D eigenvalue weighted by Gasteiger charge is -2.27. The van der Waals surface area contributed by atoms with Gasteiger partial charge in [0.1, 0.15) is 0 Å². The first-order valence-electron chi connectivity index (χ1n) is 9.79. The van der Waals surface area contributed by atoms with Crippen molar-refractivity contribution < 1.29 is 14.3 Å². The number of aromatic nitrogens is 3. The summed E-state index contributed by atoms with van der Waals surface area (Å²) in [5.41, 5.74) is 3.39. The average molecular weight is 405 g/mol. The summed E-state index contributed by atoms with van der Waals surface area (Å²) in [4.78, 5) is 31.4. The lowest BCUT2D eigenvalue weighted by Crippen LogP contribution is -2.40. The van der Waals surface area contributed by atoms with Crippen LogP contribution in [0.3, 0.4) is 0 Å². The minimum atomic E-state index is -0.293. The van der Waals surface area contributed by atoms with Gasteiger partial charge in [0, 0.05) is 36.2 Å². The number of nitrogens with zero attached hydrogens (tertiary/aromatic N) is 4. The largest absolute Gasteiger partial charge is 0.378 e. The summed E-state index contributed by atoms with van der Waals surface area (Å²) < 4.78 is 7.03. The average Bonchev–Trinajstić information content (AvgIpc) is 3.12. The van der Waals surface area contributed by atoms with Crippen LogP contribution in [0.25, 0.3) is 5.82 Å². The molecule has 3 aromatic rings. The highest BCUT2D eigenvalue weighted by Crippen LogP contribution is 2.16. The van der Waals surface area contributed by atoms with E-state index < -0.39 is 0 Å². The Morgan fingerprint density at radius 2 is 1.83 bits per heavy atom. The smallest absolute Gasteiger partial charge is 0.257 e. The molecule has 30 heavy (non-hydrogen) atoms. The van der Waals surface area contributed by atoms with Crippen LogP contribution in [-0.4, -0.2) is 57.8 Å². The van der Waals surface area contributed by atoms with E-state index in [9.17, 15) is 9.59 Å². The van der Waals surface area contributed by atoms with Crippen LogP contribution in [0.1, 0.15) is 32.1 Å². The van der Waals surface area contributed by atoms with E-state index in [1.54, 1.807) is 46.0 Å². The minimum absolute atomic E-state index is 0.0645. The summed E-state index contributed by atoms with van der Waals surface area (Å²) in [6.07, 6.45) is 1.52. The highest BCUT2D eigenvalue weighted by molar-refractivity contribution is 6.05. The van der Waals surface area contributed by atoms with Gasteiger partial charge in [0.25, 0.3) is 11.8 Å². The van der Waals surface area contributed by atoms with E-state index >= 15 is 0 Å². The third-order valence-electron chi connectivity index (χ3n) is 4.90. The molecule has 8 nitrogen and oxygen atoms in total. The molecule has 0 atom stereocenters. The maximum atomic E-state index is 12.6. The Morgan fingerprint density at radius 3 is 2.50 bits per heavy atom. The first kappa shape index (κ1) is 19.8. The van der Waals surface area contributed by atoms with Gasteiger partial charge in [-0.25, -0.2) is 9.67 Å². The van der Waals surface area contributed by atoms with Gasteiger partial charge in [0.05, 0.1) is 24.5 Å². The molecule has 3 heterocycles. The van der Waals surface area contributed by atoms with Crippen molar-refractivity contribution in [3.63, 3.8) is 0 Å². The van der Waals surface area contributed by atoms with Crippen LogP contribution in [0.15, 0.2) is 48.7 Å². The third kappa shape index (κ3) is 4.23. The Bertz CT molecular complexity index is 1070. The Kier molecular flexibility index (Phi) is 5.58. The Morgan fingerprint density at radius 1 is 1.03 bits per heavy atom. The number of hydrogen-bond acceptors (Lipinski definition) is 5. The second-order valence-corrected chi connectivity index (χ2v) is 7.18. The lowest BCUT2D eigenvalue weighted by atomic mass is 10.1. The van der Waals surface area contributed by atoms with Gasteiger partial charge < -0.3 is 15.0 Å². The van der Waals surface area contributed by atoms with Crippen molar-refractivity contribution in [1.29, 1.82) is 0 Å². The lowest BCUT2D eigenvalue weighted by molar-refractivity contribution is 0.0303. The van der Waals surface area contributed by atoms with Crippen molar-refractivity contribution >= 4 is 17.5 Å². The number of carbonyl (C=O) groups is 2. The van der Waals surface area contributed by atoms with Crippen molar-refractivity contribution in [2.24, 2.45) is 0 Å². The molecule has 1 aliphatic rings. The second-order valence-electron chi connectivity index (χ2n) is 7.18. The number of ether oxygens (including phenoxy) is 1. The highest BCUT2D eigenvalue weighted by atomic mass is 16.5. The molecule has 1 aromatic carbocycles. The van der Waals surface area contributed by atoms with Gasteiger partial charge in [-0.3, -0.25) is 9.59 Å². The molecule has 1 aliphatic heterocycles. The molecule has 1 saturated heterocycles. The van der Waals surface area contributed by atoms with Gasteiger partial charge >= 0.3 is 0 Å². The molecule has 1 fully saturated rings. The number of anilines is 1. The van der Waals surface area contributed by atoms with Crippen LogP contribution in [0.5, 0.6) is 0 Å². The molecule has 1 N–H and O–H groups in total. The van der Waals surface area contributed by atoms with E-state index in [2.05, 4.69) is 15.4 Å². The Labute approximate surface area is 174 Å². The zero-order chi connectivity index (χ0) is 21.1. The Hall–Kier alpha value is -3.52. The zero-order valence-electron chi connectivity index (χ0n) is 17.0. The van der Waals surface area contributed by atoms with Crippen LogP contribution in [0.2, 0.25) is 0 Å². The molecule has 0 saturated carbocycles. The molecule has 154 valence electrons. The van der Waals surface area contributed by atoms with E-state index in [-0.39, 0.29) is 11.8 Å². The minimum Gasteiger partial charge on any atom is -0.378 e. The van der Waals surface area contributed by atoms with E-state index in [1.807, 2.05) is 19.9 Å². The molecule has 0 bridgehead atoms. The topological polar surface area (TPSA) is 89.4 Å². The fourth-order valence-corrected chi connectivity index (χ4v) is 3.39. The van der Waals surface area contributed by atoms with Gasteiger partial charge in [-0.2, -0.15) is 5.10 Å². The fraction of sp³-hybridized carbons (Fsp3) is 0.273. The van der Waals surface area contributed by atoms with Gasteiger partial charge in [-0.05, 0) is 50.2 Å². The highest BCUT2D eigenvalue weighted by Gasteiger charge is 2.19. The molecule has 0 radical (unpaired) electrons. The van der Waals surface area contributed by atoms with Crippen LogP contribution in [0, 0.1) is 13.8 Å². The number of amides is 2. The van der Waals surface area contributed by atoms with E-state index in [4.69, 9.17) is 4.74 Å². The molecule has 4 rings (SSSR count). The molecule has 2 amide bonds. The summed E-state index contributed by atoms with van der Waals surface area (Å²) in [6.45, 7) is 6.10. The molecule has 0 aliphatic carbocycles. The maximum absolute atomic E-state index is 12.6. The number of pyridine rings is 1. The quantitative estimate of drug-likeness (QED) is 0.721. The SMILES string of the molecule is Cc1cc(C)n(-c2ccc(C(=O)Nc3cccc(C(=O)N4CCOCC4)c3)cn2)n1. The van der Waals surface area contributed by atoms with E-state index in [1.165, 1.54) is 6.20 Å². The summed E-state index contributed by atoms with van der Waals surface area (Å²) in [7, 11) is 0. The van der Waals surface area contributed by atoms with Crippen molar-refractivity contribution in [2.45, 2.75) is 13.8 Å². The van der Waals surface area contributed by atoms with Crippen LogP contribution >= 0.6 is 0 Å². The summed E-state index contributed by atoms with van der Waals surface area (Å²) >= 11 is 0. The van der Waals surface area contributed by atoms with Crippen molar-refractivity contribution in [1.82, 2.24) is 19.7 Å². The molecule has 8 heteroatoms. The first-order chi connectivity index (χ1) is 14.5. The zero-order valence-corrected chi connectivity index (χ0v) is 17.0. The normalized spacial score (nSPS) is 13.9. The van der Waals surface area contributed by atoms with Gasteiger partial charge in [-0.1, -0.05) is 6.07 Å². The van der Waals surface area contributed by atoms with Crippen molar-refractivity contribution in [2.75, 3.05) is 31.6 Å². The van der Waals surface area contributed by atoms with Crippen LogP contribution in [0.4, 0.5) is 5.69 Å². The number of aryl methyl sites for hydroxylation is 2. The third-order valence-corrected chi connectivity index (χ3v) is 4.90. The molecular weight excluding hydrogens is 382 g/mol. The van der Waals surface area contributed by atoms with Crippen LogP contribution in [-0.2, 0) is 4.74 Å². The fourth-order valence-electron chi connectivity index (χ4n) is 3.39. The van der Waals surface area contributed by atoms with Crippen molar-refractivity contribution in [3.8, 4) is 5.82 Å². The molecule has 0 unspecified atom stereocenters. The number of benzene rings is 1. The number of rotatable bonds is 4. The van der Waals surface area contributed by atoms with Gasteiger partial charge in [0.2, 0.25) is 0 Å². The number of hydrogen-bond donors (Lipinski definition) is 1.